The zero-order valence-electron chi connectivity index (χ0n) is 13.7. The maximum atomic E-state index is 12.4. The van der Waals surface area contributed by atoms with E-state index < -0.39 is 0 Å². The van der Waals surface area contributed by atoms with Gasteiger partial charge >= 0.3 is 0 Å². The minimum atomic E-state index is -0.199. The minimum Gasteiger partial charge on any atom is -0.384 e. The number of pyridine rings is 1. The molecule has 23 heavy (non-hydrogen) atoms. The van der Waals surface area contributed by atoms with Gasteiger partial charge in [-0.15, -0.1) is 0 Å². The van der Waals surface area contributed by atoms with E-state index in [0.717, 1.165) is 24.2 Å². The molecule has 0 saturated heterocycles. The van der Waals surface area contributed by atoms with E-state index in [9.17, 15) is 4.79 Å². The highest BCUT2D eigenvalue weighted by atomic mass is 35.5. The van der Waals surface area contributed by atoms with Gasteiger partial charge in [-0.2, -0.15) is 0 Å². The van der Waals surface area contributed by atoms with Crippen molar-refractivity contribution in [1.82, 2.24) is 4.98 Å². The summed E-state index contributed by atoms with van der Waals surface area (Å²) in [5, 5.41) is 6.76. The van der Waals surface area contributed by atoms with Crippen LogP contribution in [-0.4, -0.2) is 17.4 Å². The molecule has 122 valence electrons. The Bertz CT molecular complexity index is 686. The van der Waals surface area contributed by atoms with Crippen molar-refractivity contribution in [2.24, 2.45) is 5.92 Å². The van der Waals surface area contributed by atoms with Crippen LogP contribution < -0.4 is 10.6 Å². The first-order chi connectivity index (χ1) is 11.0. The van der Waals surface area contributed by atoms with Crippen molar-refractivity contribution >= 4 is 28.9 Å². The number of amides is 1. The van der Waals surface area contributed by atoms with Crippen LogP contribution in [0, 0.1) is 12.8 Å². The van der Waals surface area contributed by atoms with E-state index in [0.29, 0.717) is 22.2 Å². The van der Waals surface area contributed by atoms with Crippen LogP contribution >= 0.6 is 11.6 Å². The molecule has 1 aromatic heterocycles. The highest BCUT2D eigenvalue weighted by Gasteiger charge is 2.09. The van der Waals surface area contributed by atoms with Crippen LogP contribution in [0.25, 0.3) is 0 Å². The van der Waals surface area contributed by atoms with Crippen LogP contribution in [0.2, 0.25) is 5.02 Å². The summed E-state index contributed by atoms with van der Waals surface area (Å²) in [6, 6.07) is 7.23. The van der Waals surface area contributed by atoms with Gasteiger partial charge < -0.3 is 10.6 Å². The van der Waals surface area contributed by atoms with Crippen LogP contribution in [-0.2, 0) is 0 Å². The fourth-order valence-corrected chi connectivity index (χ4v) is 2.26. The maximum absolute atomic E-state index is 12.4. The lowest BCUT2D eigenvalue weighted by Gasteiger charge is -2.11. The quantitative estimate of drug-likeness (QED) is 0.802. The highest BCUT2D eigenvalue weighted by Crippen LogP contribution is 2.21. The zero-order valence-corrected chi connectivity index (χ0v) is 14.4. The summed E-state index contributed by atoms with van der Waals surface area (Å²) in [5.41, 5.74) is 3.03. The van der Waals surface area contributed by atoms with Crippen molar-refractivity contribution in [3.63, 3.8) is 0 Å². The Morgan fingerprint density at radius 3 is 2.78 bits per heavy atom. The van der Waals surface area contributed by atoms with E-state index in [1.54, 1.807) is 24.5 Å². The topological polar surface area (TPSA) is 54.0 Å². The molecule has 0 radical (unpaired) electrons. The summed E-state index contributed by atoms with van der Waals surface area (Å²) >= 11 is 5.98. The Morgan fingerprint density at radius 1 is 1.26 bits per heavy atom. The molecule has 0 aliphatic heterocycles. The number of anilines is 2. The monoisotopic (exact) mass is 331 g/mol. The molecule has 0 bridgehead atoms. The normalized spacial score (nSPS) is 10.7. The first-order valence-corrected chi connectivity index (χ1v) is 8.10. The standard InChI is InChI=1S/C18H22ClN3O/c1-12(2)6-7-21-16-8-14(10-20-11-16)18(23)22-17-9-15(19)5-4-13(17)3/h4-5,8-12,21H,6-7H2,1-3H3,(H,22,23). The largest absolute Gasteiger partial charge is 0.384 e. The van der Waals surface area contributed by atoms with Crippen molar-refractivity contribution < 1.29 is 4.79 Å². The van der Waals surface area contributed by atoms with Crippen molar-refractivity contribution in [1.29, 1.82) is 0 Å². The van der Waals surface area contributed by atoms with E-state index >= 15 is 0 Å². The number of hydrogen-bond donors (Lipinski definition) is 2. The summed E-state index contributed by atoms with van der Waals surface area (Å²) in [6.45, 7) is 7.14. The Kier molecular flexibility index (Phi) is 5.99. The van der Waals surface area contributed by atoms with Gasteiger partial charge in [-0.25, -0.2) is 0 Å². The number of carbonyl (C=O) groups excluding carboxylic acids is 1. The summed E-state index contributed by atoms with van der Waals surface area (Å²) < 4.78 is 0. The van der Waals surface area contributed by atoms with Gasteiger partial charge in [0.25, 0.3) is 5.91 Å². The second-order valence-corrected chi connectivity index (χ2v) is 6.42. The molecule has 2 N–H and O–H groups in total. The predicted octanol–water partition coefficient (Wildman–Crippen LogP) is 4.75. The van der Waals surface area contributed by atoms with Gasteiger partial charge in [0.15, 0.2) is 0 Å². The number of aromatic nitrogens is 1. The van der Waals surface area contributed by atoms with Gasteiger partial charge in [-0.05, 0) is 43.0 Å². The highest BCUT2D eigenvalue weighted by molar-refractivity contribution is 6.31. The van der Waals surface area contributed by atoms with Crippen molar-refractivity contribution in [2.45, 2.75) is 27.2 Å². The minimum absolute atomic E-state index is 0.199. The molecule has 2 aromatic rings. The van der Waals surface area contributed by atoms with E-state index in [-0.39, 0.29) is 5.91 Å². The van der Waals surface area contributed by atoms with Gasteiger partial charge in [0.1, 0.15) is 0 Å². The van der Waals surface area contributed by atoms with Crippen LogP contribution in [0.3, 0.4) is 0 Å². The number of halogens is 1. The first kappa shape index (κ1) is 17.3. The van der Waals surface area contributed by atoms with Gasteiger partial charge in [-0.3, -0.25) is 9.78 Å². The van der Waals surface area contributed by atoms with Crippen LogP contribution in [0.4, 0.5) is 11.4 Å². The third kappa shape index (κ3) is 5.25. The lowest BCUT2D eigenvalue weighted by atomic mass is 10.1. The van der Waals surface area contributed by atoms with Crippen molar-refractivity contribution in [3.8, 4) is 0 Å². The maximum Gasteiger partial charge on any atom is 0.257 e. The number of carbonyl (C=O) groups is 1. The van der Waals surface area contributed by atoms with Gasteiger partial charge in [0.2, 0.25) is 0 Å². The molecule has 0 fully saturated rings. The second kappa shape index (κ2) is 7.97. The van der Waals surface area contributed by atoms with E-state index in [2.05, 4.69) is 29.5 Å². The molecule has 1 aromatic carbocycles. The molecule has 1 amide bonds. The Morgan fingerprint density at radius 2 is 2.04 bits per heavy atom. The molecule has 0 unspecified atom stereocenters. The molecule has 0 aliphatic carbocycles. The SMILES string of the molecule is Cc1ccc(Cl)cc1NC(=O)c1cncc(NCCC(C)C)c1. The summed E-state index contributed by atoms with van der Waals surface area (Å²) in [4.78, 5) is 16.5. The van der Waals surface area contributed by atoms with Gasteiger partial charge in [0, 0.05) is 29.6 Å². The Hall–Kier alpha value is -2.07. The van der Waals surface area contributed by atoms with Crippen molar-refractivity contribution in [3.05, 3.63) is 52.8 Å². The number of rotatable bonds is 6. The molecule has 1 heterocycles. The predicted molar refractivity (Wildman–Crippen MR) is 96.3 cm³/mol. The average molecular weight is 332 g/mol. The smallest absolute Gasteiger partial charge is 0.257 e. The molecule has 2 rings (SSSR count). The Balaban J connectivity index is 2.06. The fourth-order valence-electron chi connectivity index (χ4n) is 2.09. The average Bonchev–Trinajstić information content (AvgIpc) is 2.51. The molecule has 0 atom stereocenters. The fraction of sp³-hybridized carbons (Fsp3) is 0.333. The van der Waals surface area contributed by atoms with E-state index in [4.69, 9.17) is 11.6 Å². The number of aryl methyl sites for hydroxylation is 1. The summed E-state index contributed by atoms with van der Waals surface area (Å²) in [7, 11) is 0. The number of hydrogen-bond acceptors (Lipinski definition) is 3. The zero-order chi connectivity index (χ0) is 16.8. The molecular weight excluding hydrogens is 310 g/mol. The molecule has 0 saturated carbocycles. The van der Waals surface area contributed by atoms with E-state index in [1.165, 1.54) is 0 Å². The lowest BCUT2D eigenvalue weighted by Crippen LogP contribution is -2.14. The van der Waals surface area contributed by atoms with Gasteiger partial charge in [-0.1, -0.05) is 31.5 Å². The second-order valence-electron chi connectivity index (χ2n) is 5.98. The molecule has 0 spiro atoms. The molecular formula is C18H22ClN3O. The number of benzene rings is 1. The number of nitrogens with zero attached hydrogens (tertiary/aromatic N) is 1. The first-order valence-electron chi connectivity index (χ1n) is 7.72. The third-order valence-corrected chi connectivity index (χ3v) is 3.73. The summed E-state index contributed by atoms with van der Waals surface area (Å²) in [6.07, 6.45) is 4.35. The molecule has 5 heteroatoms. The lowest BCUT2D eigenvalue weighted by molar-refractivity contribution is 0.102. The van der Waals surface area contributed by atoms with Crippen LogP contribution in [0.15, 0.2) is 36.7 Å². The summed E-state index contributed by atoms with van der Waals surface area (Å²) in [5.74, 6) is 0.433. The van der Waals surface area contributed by atoms with Gasteiger partial charge in [0.05, 0.1) is 11.3 Å². The van der Waals surface area contributed by atoms with Crippen LogP contribution in [0.5, 0.6) is 0 Å². The Labute approximate surface area is 142 Å². The van der Waals surface area contributed by atoms with Crippen LogP contribution in [0.1, 0.15) is 36.2 Å². The molecule has 4 nitrogen and oxygen atoms in total. The molecule has 0 aliphatic rings. The number of nitrogens with one attached hydrogen (secondary N) is 2. The third-order valence-electron chi connectivity index (χ3n) is 3.50. The van der Waals surface area contributed by atoms with E-state index in [1.807, 2.05) is 19.1 Å². The van der Waals surface area contributed by atoms with Crippen molar-refractivity contribution in [2.75, 3.05) is 17.2 Å².